The van der Waals surface area contributed by atoms with E-state index in [0.717, 1.165) is 5.56 Å². The summed E-state index contributed by atoms with van der Waals surface area (Å²) in [5.74, 6) is 0.304. The summed E-state index contributed by atoms with van der Waals surface area (Å²) in [6, 6.07) is 1.97. The Hall–Kier alpha value is -2.09. The van der Waals surface area contributed by atoms with Gasteiger partial charge in [-0.1, -0.05) is 0 Å². The molecule has 5 heteroatoms. The molecule has 3 N–H and O–H groups in total. The van der Waals surface area contributed by atoms with Crippen LogP contribution < -0.4 is 11.1 Å². The number of pyridine rings is 1. The first-order valence-corrected chi connectivity index (χ1v) is 4.19. The summed E-state index contributed by atoms with van der Waals surface area (Å²) in [7, 11) is 0. The van der Waals surface area contributed by atoms with Crippen molar-refractivity contribution >= 4 is 17.4 Å². The third-order valence-corrected chi connectivity index (χ3v) is 2.20. The quantitative estimate of drug-likeness (QED) is 0.617. The van der Waals surface area contributed by atoms with Gasteiger partial charge >= 0.3 is 0 Å². The number of nitrogens with zero attached hydrogens (tertiary/aromatic N) is 2. The molecule has 1 aliphatic heterocycles. The van der Waals surface area contributed by atoms with Gasteiger partial charge in [0.15, 0.2) is 0 Å². The molecule has 5 nitrogen and oxygen atoms in total. The molecule has 0 aliphatic carbocycles. The lowest BCUT2D eigenvalue weighted by molar-refractivity contribution is -0.116. The Balaban J connectivity index is 2.62. The van der Waals surface area contributed by atoms with Gasteiger partial charge in [-0.3, -0.25) is 4.79 Å². The van der Waals surface area contributed by atoms with Gasteiger partial charge in [0, 0.05) is 18.2 Å². The molecule has 0 atom stereocenters. The number of fused-ring (bicyclic) bond motifs is 1. The minimum atomic E-state index is -0.0837. The van der Waals surface area contributed by atoms with Crippen molar-refractivity contribution < 1.29 is 4.79 Å². The molecule has 2 heterocycles. The molecule has 0 bridgehead atoms. The highest BCUT2D eigenvalue weighted by molar-refractivity contribution is 5.96. The number of rotatable bonds is 0. The monoisotopic (exact) mass is 188 g/mol. The van der Waals surface area contributed by atoms with Crippen LogP contribution >= 0.6 is 0 Å². The Labute approximate surface area is 80.5 Å². The van der Waals surface area contributed by atoms with Crippen LogP contribution in [0, 0.1) is 11.3 Å². The number of nitrogens with two attached hydrogens (primary N) is 1. The Bertz CT molecular complexity index is 447. The van der Waals surface area contributed by atoms with E-state index in [9.17, 15) is 4.79 Å². The van der Waals surface area contributed by atoms with Crippen LogP contribution in [0.1, 0.15) is 17.5 Å². The van der Waals surface area contributed by atoms with Crippen molar-refractivity contribution in [3.63, 3.8) is 0 Å². The van der Waals surface area contributed by atoms with Crippen molar-refractivity contribution in [2.75, 3.05) is 11.1 Å². The zero-order valence-electron chi connectivity index (χ0n) is 7.37. The van der Waals surface area contributed by atoms with Crippen LogP contribution in [0.5, 0.6) is 0 Å². The van der Waals surface area contributed by atoms with Crippen LogP contribution in [-0.4, -0.2) is 10.9 Å². The zero-order chi connectivity index (χ0) is 10.1. The molecule has 1 aliphatic rings. The molecule has 1 amide bonds. The summed E-state index contributed by atoms with van der Waals surface area (Å²) in [5.41, 5.74) is 7.29. The third-order valence-electron chi connectivity index (χ3n) is 2.20. The van der Waals surface area contributed by atoms with Crippen LogP contribution in [0.4, 0.5) is 11.5 Å². The number of nitriles is 1. The maximum atomic E-state index is 11.1. The summed E-state index contributed by atoms with van der Waals surface area (Å²) in [6.07, 6.45) is 2.32. The van der Waals surface area contributed by atoms with Crippen LogP contribution in [0.25, 0.3) is 0 Å². The Kier molecular flexibility index (Phi) is 1.82. The molecule has 1 aromatic heterocycles. The predicted octanol–water partition coefficient (Wildman–Crippen LogP) is 0.420. The van der Waals surface area contributed by atoms with E-state index in [1.807, 2.05) is 6.07 Å². The highest BCUT2D eigenvalue weighted by Gasteiger charge is 2.20. The van der Waals surface area contributed by atoms with Crippen molar-refractivity contribution in [1.29, 1.82) is 5.26 Å². The Morgan fingerprint density at radius 1 is 1.57 bits per heavy atom. The van der Waals surface area contributed by atoms with Gasteiger partial charge < -0.3 is 11.1 Å². The Morgan fingerprint density at radius 3 is 3.07 bits per heavy atom. The first kappa shape index (κ1) is 8.51. The lowest BCUT2D eigenvalue weighted by Gasteiger charge is -2.18. The van der Waals surface area contributed by atoms with Crippen molar-refractivity contribution in [2.24, 2.45) is 0 Å². The standard InChI is InChI=1S/C9H8N4O/c10-3-5-4-12-9(11)6-1-2-7(14)13-8(5)6/h4H,1-2H2,(H2,11,12)(H,13,14). The second kappa shape index (κ2) is 3.00. The SMILES string of the molecule is N#Cc1cnc(N)c2c1NC(=O)CC2. The summed E-state index contributed by atoms with van der Waals surface area (Å²) in [5, 5.41) is 11.4. The number of nitrogens with one attached hydrogen (secondary N) is 1. The second-order valence-corrected chi connectivity index (χ2v) is 3.07. The number of amides is 1. The lowest BCUT2D eigenvalue weighted by Crippen LogP contribution is -2.21. The molecule has 0 fully saturated rings. The van der Waals surface area contributed by atoms with Crippen LogP contribution in [0.15, 0.2) is 6.20 Å². The molecule has 14 heavy (non-hydrogen) atoms. The average molecular weight is 188 g/mol. The maximum absolute atomic E-state index is 11.1. The van der Waals surface area contributed by atoms with Crippen LogP contribution in [0.2, 0.25) is 0 Å². The molecule has 2 rings (SSSR count). The maximum Gasteiger partial charge on any atom is 0.224 e. The van der Waals surface area contributed by atoms with Gasteiger partial charge in [-0.15, -0.1) is 0 Å². The van der Waals surface area contributed by atoms with E-state index in [1.165, 1.54) is 6.20 Å². The number of hydrogen-bond donors (Lipinski definition) is 2. The number of anilines is 2. The molecule has 0 unspecified atom stereocenters. The van der Waals surface area contributed by atoms with E-state index in [4.69, 9.17) is 11.0 Å². The normalized spacial score (nSPS) is 14.1. The van der Waals surface area contributed by atoms with Crippen molar-refractivity contribution in [3.8, 4) is 6.07 Å². The fraction of sp³-hybridized carbons (Fsp3) is 0.222. The van der Waals surface area contributed by atoms with Gasteiger partial charge in [0.1, 0.15) is 11.9 Å². The fourth-order valence-corrected chi connectivity index (χ4v) is 1.49. The summed E-state index contributed by atoms with van der Waals surface area (Å²) < 4.78 is 0. The van der Waals surface area contributed by atoms with Gasteiger partial charge in [0.05, 0.1) is 11.3 Å². The molecule has 70 valence electrons. The van der Waals surface area contributed by atoms with E-state index in [-0.39, 0.29) is 5.91 Å². The number of carbonyl (C=O) groups is 1. The smallest absolute Gasteiger partial charge is 0.224 e. The van der Waals surface area contributed by atoms with Gasteiger partial charge in [-0.05, 0) is 6.42 Å². The minimum absolute atomic E-state index is 0.0837. The molecule has 1 aromatic rings. The molecule has 0 saturated carbocycles. The summed E-state index contributed by atoms with van der Waals surface area (Å²) in [4.78, 5) is 15.0. The van der Waals surface area contributed by atoms with Gasteiger partial charge in [0.25, 0.3) is 0 Å². The van der Waals surface area contributed by atoms with E-state index in [1.54, 1.807) is 0 Å². The van der Waals surface area contributed by atoms with Crippen LogP contribution in [0.3, 0.4) is 0 Å². The number of aromatic nitrogens is 1. The van der Waals surface area contributed by atoms with E-state index in [2.05, 4.69) is 10.3 Å². The van der Waals surface area contributed by atoms with Crippen molar-refractivity contribution in [2.45, 2.75) is 12.8 Å². The largest absolute Gasteiger partial charge is 0.383 e. The van der Waals surface area contributed by atoms with Gasteiger partial charge in [-0.2, -0.15) is 5.26 Å². The number of nitrogen functional groups attached to an aromatic ring is 1. The molecule has 0 saturated heterocycles. The number of hydrogen-bond acceptors (Lipinski definition) is 4. The topological polar surface area (TPSA) is 91.8 Å². The lowest BCUT2D eigenvalue weighted by atomic mass is 10.0. The summed E-state index contributed by atoms with van der Waals surface area (Å²) >= 11 is 0. The van der Waals surface area contributed by atoms with E-state index >= 15 is 0 Å². The highest BCUT2D eigenvalue weighted by atomic mass is 16.1. The number of carbonyl (C=O) groups excluding carboxylic acids is 1. The van der Waals surface area contributed by atoms with Crippen molar-refractivity contribution in [3.05, 3.63) is 17.3 Å². The van der Waals surface area contributed by atoms with Gasteiger partial charge in [-0.25, -0.2) is 4.98 Å². The predicted molar refractivity (Wildman–Crippen MR) is 50.3 cm³/mol. The second-order valence-electron chi connectivity index (χ2n) is 3.07. The molecule has 0 spiro atoms. The minimum Gasteiger partial charge on any atom is -0.383 e. The van der Waals surface area contributed by atoms with Crippen molar-refractivity contribution in [1.82, 2.24) is 4.98 Å². The zero-order valence-corrected chi connectivity index (χ0v) is 7.37. The molecular weight excluding hydrogens is 180 g/mol. The fourth-order valence-electron chi connectivity index (χ4n) is 1.49. The van der Waals surface area contributed by atoms with Crippen LogP contribution in [-0.2, 0) is 11.2 Å². The molecule has 0 aromatic carbocycles. The first-order valence-electron chi connectivity index (χ1n) is 4.19. The van der Waals surface area contributed by atoms with Gasteiger partial charge in [0.2, 0.25) is 5.91 Å². The molecule has 0 radical (unpaired) electrons. The highest BCUT2D eigenvalue weighted by Crippen LogP contribution is 2.28. The third kappa shape index (κ3) is 1.17. The summed E-state index contributed by atoms with van der Waals surface area (Å²) in [6.45, 7) is 0. The molecular formula is C9H8N4O. The van der Waals surface area contributed by atoms with E-state index in [0.29, 0.717) is 29.9 Å². The Morgan fingerprint density at radius 2 is 2.36 bits per heavy atom. The van der Waals surface area contributed by atoms with E-state index < -0.39 is 0 Å². The average Bonchev–Trinajstić information content (AvgIpc) is 2.18. The first-order chi connectivity index (χ1) is 6.72.